The van der Waals surface area contributed by atoms with Crippen LogP contribution in [0.3, 0.4) is 0 Å². The Kier molecular flexibility index (Phi) is 8.86. The van der Waals surface area contributed by atoms with Crippen molar-refractivity contribution >= 4 is 34.4 Å². The van der Waals surface area contributed by atoms with Crippen LogP contribution in [0, 0.1) is 19.8 Å². The first-order valence-corrected chi connectivity index (χ1v) is 12.6. The second-order valence-electron chi connectivity index (χ2n) is 9.10. The van der Waals surface area contributed by atoms with Crippen LogP contribution in [0.4, 0.5) is 0 Å². The standard InChI is InChI=1S/C27H33N3O4S/c1-16(2)15-28-25(32)21-9-10-22-23(14-21)29-27(30(26(22)33)11-12-34-6)35-19(5)24(31)20-8-7-17(3)18(4)13-20/h7-10,13-14,16,19H,11-12,15H2,1-6H3,(H,28,32)/t19-/m0/s1. The molecule has 1 amide bonds. The average molecular weight is 496 g/mol. The molecule has 8 heteroatoms. The van der Waals surface area contributed by atoms with Gasteiger partial charge in [0.15, 0.2) is 10.9 Å². The highest BCUT2D eigenvalue weighted by Crippen LogP contribution is 2.26. The maximum Gasteiger partial charge on any atom is 0.262 e. The number of benzene rings is 2. The van der Waals surface area contributed by atoms with Gasteiger partial charge in [-0.25, -0.2) is 4.98 Å². The summed E-state index contributed by atoms with van der Waals surface area (Å²) in [5, 5.41) is 3.26. The van der Waals surface area contributed by atoms with Crippen LogP contribution < -0.4 is 10.9 Å². The lowest BCUT2D eigenvalue weighted by molar-refractivity contribution is 0.0948. The summed E-state index contributed by atoms with van der Waals surface area (Å²) in [5.41, 5.74) is 3.44. The van der Waals surface area contributed by atoms with Crippen molar-refractivity contribution in [1.82, 2.24) is 14.9 Å². The lowest BCUT2D eigenvalue weighted by atomic mass is 10.0. The van der Waals surface area contributed by atoms with Gasteiger partial charge in [0.2, 0.25) is 0 Å². The van der Waals surface area contributed by atoms with E-state index in [1.165, 1.54) is 11.8 Å². The third-order valence-corrected chi connectivity index (χ3v) is 6.91. The molecule has 7 nitrogen and oxygen atoms in total. The molecule has 0 radical (unpaired) electrons. The SMILES string of the molecule is COCCn1c(S[C@@H](C)C(=O)c2ccc(C)c(C)c2)nc2cc(C(=O)NCC(C)C)ccc2c1=O. The number of thioether (sulfide) groups is 1. The van der Waals surface area contributed by atoms with E-state index in [-0.39, 0.29) is 17.2 Å². The van der Waals surface area contributed by atoms with E-state index in [0.717, 1.165) is 11.1 Å². The molecular formula is C27H33N3O4S. The Morgan fingerprint density at radius 2 is 1.77 bits per heavy atom. The number of carbonyl (C=O) groups excluding carboxylic acids is 2. The van der Waals surface area contributed by atoms with Crippen LogP contribution >= 0.6 is 11.8 Å². The first-order chi connectivity index (χ1) is 16.6. The zero-order valence-electron chi connectivity index (χ0n) is 21.2. The maximum absolute atomic E-state index is 13.3. The largest absolute Gasteiger partial charge is 0.383 e. The quantitative estimate of drug-likeness (QED) is 0.255. The van der Waals surface area contributed by atoms with E-state index >= 15 is 0 Å². The van der Waals surface area contributed by atoms with Crippen LogP contribution in [0.5, 0.6) is 0 Å². The highest BCUT2D eigenvalue weighted by Gasteiger charge is 2.21. The molecule has 186 valence electrons. The van der Waals surface area contributed by atoms with Crippen molar-refractivity contribution in [3.8, 4) is 0 Å². The van der Waals surface area contributed by atoms with Crippen molar-refractivity contribution in [2.24, 2.45) is 5.92 Å². The number of rotatable bonds is 10. The molecule has 3 rings (SSSR count). The van der Waals surface area contributed by atoms with Gasteiger partial charge < -0.3 is 10.1 Å². The summed E-state index contributed by atoms with van der Waals surface area (Å²) in [6.07, 6.45) is 0. The molecule has 0 spiro atoms. The Labute approximate surface area is 210 Å². The van der Waals surface area contributed by atoms with E-state index < -0.39 is 5.25 Å². The lowest BCUT2D eigenvalue weighted by Crippen LogP contribution is -2.28. The van der Waals surface area contributed by atoms with Gasteiger partial charge in [0.05, 0.1) is 29.3 Å². The third kappa shape index (κ3) is 6.38. The molecule has 35 heavy (non-hydrogen) atoms. The molecule has 2 aromatic carbocycles. The predicted octanol–water partition coefficient (Wildman–Crippen LogP) is 4.41. The van der Waals surface area contributed by atoms with Crippen molar-refractivity contribution in [3.05, 3.63) is 69.0 Å². The summed E-state index contributed by atoms with van der Waals surface area (Å²) in [5.74, 6) is 0.0795. The van der Waals surface area contributed by atoms with Crippen LogP contribution in [-0.2, 0) is 11.3 Å². The van der Waals surface area contributed by atoms with E-state index in [2.05, 4.69) is 5.32 Å². The fraction of sp³-hybridized carbons (Fsp3) is 0.407. The number of methoxy groups -OCH3 is 1. The van der Waals surface area contributed by atoms with Crippen molar-refractivity contribution < 1.29 is 14.3 Å². The summed E-state index contributed by atoms with van der Waals surface area (Å²) in [4.78, 5) is 43.7. The highest BCUT2D eigenvalue weighted by molar-refractivity contribution is 8.00. The molecule has 0 unspecified atom stereocenters. The summed E-state index contributed by atoms with van der Waals surface area (Å²) < 4.78 is 6.73. The monoisotopic (exact) mass is 495 g/mol. The van der Waals surface area contributed by atoms with Gasteiger partial charge in [-0.1, -0.05) is 37.7 Å². The van der Waals surface area contributed by atoms with E-state index in [9.17, 15) is 14.4 Å². The Morgan fingerprint density at radius 1 is 1.06 bits per heavy atom. The van der Waals surface area contributed by atoms with E-state index in [0.29, 0.717) is 52.8 Å². The van der Waals surface area contributed by atoms with Gasteiger partial charge in [-0.3, -0.25) is 19.0 Å². The number of nitrogens with one attached hydrogen (secondary N) is 1. The fourth-order valence-corrected chi connectivity index (χ4v) is 4.56. The predicted molar refractivity (Wildman–Crippen MR) is 141 cm³/mol. The molecule has 0 aliphatic rings. The van der Waals surface area contributed by atoms with Crippen molar-refractivity contribution in [2.75, 3.05) is 20.3 Å². The second-order valence-corrected chi connectivity index (χ2v) is 10.4. The fourth-order valence-electron chi connectivity index (χ4n) is 3.55. The first kappa shape index (κ1) is 26.6. The van der Waals surface area contributed by atoms with E-state index in [1.54, 1.807) is 29.9 Å². The Bertz CT molecular complexity index is 1300. The number of aromatic nitrogens is 2. The minimum atomic E-state index is -0.465. The molecule has 1 N–H and O–H groups in total. The molecule has 1 aromatic heterocycles. The van der Waals surface area contributed by atoms with Gasteiger partial charge in [-0.15, -0.1) is 0 Å². The first-order valence-electron chi connectivity index (χ1n) is 11.7. The molecular weight excluding hydrogens is 462 g/mol. The van der Waals surface area contributed by atoms with Gasteiger partial charge in [0, 0.05) is 24.8 Å². The van der Waals surface area contributed by atoms with Crippen molar-refractivity contribution in [1.29, 1.82) is 0 Å². The summed E-state index contributed by atoms with van der Waals surface area (Å²) >= 11 is 1.24. The molecule has 1 heterocycles. The summed E-state index contributed by atoms with van der Waals surface area (Å²) in [7, 11) is 1.57. The number of hydrogen-bond acceptors (Lipinski definition) is 6. The topological polar surface area (TPSA) is 90.3 Å². The van der Waals surface area contributed by atoms with Gasteiger partial charge in [0.25, 0.3) is 11.5 Å². The Hall–Kier alpha value is -2.97. The molecule has 0 aliphatic heterocycles. The molecule has 0 aliphatic carbocycles. The molecule has 3 aromatic rings. The number of hydrogen-bond donors (Lipinski definition) is 1. The number of ketones is 1. The maximum atomic E-state index is 13.3. The Morgan fingerprint density at radius 3 is 2.43 bits per heavy atom. The molecule has 0 fully saturated rings. The van der Waals surface area contributed by atoms with Crippen LogP contribution in [-0.4, -0.2) is 46.8 Å². The Balaban J connectivity index is 1.98. The number of ether oxygens (including phenoxy) is 1. The average Bonchev–Trinajstić information content (AvgIpc) is 2.83. The zero-order chi connectivity index (χ0) is 25.7. The normalized spacial score (nSPS) is 12.2. The zero-order valence-corrected chi connectivity index (χ0v) is 22.0. The second kappa shape index (κ2) is 11.6. The van der Waals surface area contributed by atoms with Crippen LogP contribution in [0.1, 0.15) is 52.6 Å². The van der Waals surface area contributed by atoms with Gasteiger partial charge in [0.1, 0.15) is 0 Å². The number of nitrogens with zero attached hydrogens (tertiary/aromatic N) is 2. The van der Waals surface area contributed by atoms with Crippen LogP contribution in [0.25, 0.3) is 10.9 Å². The third-order valence-electron chi connectivity index (χ3n) is 5.82. The smallest absolute Gasteiger partial charge is 0.262 e. The van der Waals surface area contributed by atoms with Crippen LogP contribution in [0.2, 0.25) is 0 Å². The molecule has 0 bridgehead atoms. The molecule has 0 saturated carbocycles. The van der Waals surface area contributed by atoms with Gasteiger partial charge >= 0.3 is 0 Å². The molecule has 1 atom stereocenters. The summed E-state index contributed by atoms with van der Waals surface area (Å²) in [6.45, 7) is 11.0. The van der Waals surface area contributed by atoms with Crippen molar-refractivity contribution in [2.45, 2.75) is 51.6 Å². The van der Waals surface area contributed by atoms with Gasteiger partial charge in [-0.2, -0.15) is 0 Å². The lowest BCUT2D eigenvalue weighted by Gasteiger charge is -2.16. The van der Waals surface area contributed by atoms with Crippen LogP contribution in [0.15, 0.2) is 46.3 Å². The van der Waals surface area contributed by atoms with Crippen molar-refractivity contribution in [3.63, 3.8) is 0 Å². The molecule has 0 saturated heterocycles. The summed E-state index contributed by atoms with van der Waals surface area (Å²) in [6, 6.07) is 10.6. The number of aryl methyl sites for hydroxylation is 2. The number of Topliss-reactive ketones (excluding diaryl/α,β-unsaturated/α-hetero) is 1. The van der Waals surface area contributed by atoms with E-state index in [1.807, 2.05) is 52.8 Å². The highest BCUT2D eigenvalue weighted by atomic mass is 32.2. The van der Waals surface area contributed by atoms with Gasteiger partial charge in [-0.05, 0) is 62.1 Å². The minimum Gasteiger partial charge on any atom is -0.383 e. The minimum absolute atomic E-state index is 0.0347. The number of fused-ring (bicyclic) bond motifs is 1. The number of amides is 1. The van der Waals surface area contributed by atoms with E-state index in [4.69, 9.17) is 9.72 Å². The number of carbonyl (C=O) groups is 2.